The highest BCUT2D eigenvalue weighted by Crippen LogP contribution is 2.55. The third-order valence-electron chi connectivity index (χ3n) is 9.24. The van der Waals surface area contributed by atoms with Gasteiger partial charge < -0.3 is 25.0 Å². The van der Waals surface area contributed by atoms with Gasteiger partial charge in [-0.1, -0.05) is 51.0 Å². The number of anilines is 1. The number of likely N-dealkylation sites (tertiary alicyclic amines) is 1. The fourth-order valence-electron chi connectivity index (χ4n) is 7.06. The summed E-state index contributed by atoms with van der Waals surface area (Å²) in [6.07, 6.45) is 7.04. The van der Waals surface area contributed by atoms with Crippen molar-refractivity contribution in [2.75, 3.05) is 18.5 Å². The number of nitrogens with zero attached hydrogens (tertiary/aromatic N) is 1. The second-order valence-electron chi connectivity index (χ2n) is 12.2. The summed E-state index contributed by atoms with van der Waals surface area (Å²) in [4.78, 5) is 43.3. The highest BCUT2D eigenvalue weighted by Gasteiger charge is 2.72. The predicted octanol–water partition coefficient (Wildman–Crippen LogP) is 3.84. The zero-order chi connectivity index (χ0) is 27.9. The fraction of sp³-hybridized carbons (Fsp3) is 0.645. The van der Waals surface area contributed by atoms with Crippen molar-refractivity contribution in [2.45, 2.75) is 90.2 Å². The number of rotatable bonds is 9. The molecule has 5 rings (SSSR count). The van der Waals surface area contributed by atoms with E-state index in [0.29, 0.717) is 37.1 Å². The van der Waals surface area contributed by atoms with Crippen LogP contribution in [0.5, 0.6) is 0 Å². The van der Waals surface area contributed by atoms with Crippen molar-refractivity contribution in [1.82, 2.24) is 10.2 Å². The van der Waals surface area contributed by atoms with E-state index in [1.807, 2.05) is 57.2 Å². The number of fused-ring (bicyclic) bond motifs is 1. The first kappa shape index (κ1) is 27.8. The molecule has 4 aliphatic rings. The molecular weight excluding hydrogens is 494 g/mol. The first-order chi connectivity index (χ1) is 18.6. The van der Waals surface area contributed by atoms with Crippen LogP contribution in [0.1, 0.15) is 58.9 Å². The lowest BCUT2D eigenvalue weighted by molar-refractivity contribution is -0.142. The number of aryl methyl sites for hydroxylation is 1. The molecule has 3 amide bonds. The first-order valence-corrected chi connectivity index (χ1v) is 14.6. The molecule has 39 heavy (non-hydrogen) atoms. The Morgan fingerprint density at radius 2 is 2.00 bits per heavy atom. The van der Waals surface area contributed by atoms with E-state index in [1.165, 1.54) is 0 Å². The molecule has 0 unspecified atom stereocenters. The van der Waals surface area contributed by atoms with Gasteiger partial charge in [0.15, 0.2) is 0 Å². The van der Waals surface area contributed by atoms with E-state index in [2.05, 4.69) is 24.5 Å². The molecule has 8 heteroatoms. The Kier molecular flexibility index (Phi) is 7.89. The zero-order valence-corrected chi connectivity index (χ0v) is 23.8. The third-order valence-corrected chi connectivity index (χ3v) is 9.24. The molecule has 3 aliphatic heterocycles. The van der Waals surface area contributed by atoms with Crippen LogP contribution in [-0.4, -0.2) is 65.7 Å². The SMILES string of the molecule is Cc1cccc(NC(=O)[C@H]2[C@H]3C=C[C@@]4(O3)[C@H]2C(=O)N(CCCOC(C)C)[C@@H]4C(=O)N[C@@H]2CCC[C@H](C)[C@@H]2C)c1. The van der Waals surface area contributed by atoms with E-state index in [-0.39, 0.29) is 29.9 Å². The molecule has 1 aromatic carbocycles. The minimum atomic E-state index is -1.15. The summed E-state index contributed by atoms with van der Waals surface area (Å²) in [5, 5.41) is 6.30. The van der Waals surface area contributed by atoms with Crippen molar-refractivity contribution >= 4 is 23.4 Å². The van der Waals surface area contributed by atoms with E-state index >= 15 is 0 Å². The Labute approximate surface area is 231 Å². The Balaban J connectivity index is 1.41. The lowest BCUT2D eigenvalue weighted by Gasteiger charge is -2.38. The van der Waals surface area contributed by atoms with Crippen LogP contribution in [0.2, 0.25) is 0 Å². The maximum absolute atomic E-state index is 14.1. The molecule has 1 spiro atoms. The third kappa shape index (κ3) is 5.13. The van der Waals surface area contributed by atoms with Crippen LogP contribution in [0.4, 0.5) is 5.69 Å². The monoisotopic (exact) mass is 537 g/mol. The van der Waals surface area contributed by atoms with Crippen molar-refractivity contribution in [3.63, 3.8) is 0 Å². The molecule has 1 aromatic rings. The van der Waals surface area contributed by atoms with E-state index < -0.39 is 29.6 Å². The van der Waals surface area contributed by atoms with Gasteiger partial charge in [-0.2, -0.15) is 0 Å². The van der Waals surface area contributed by atoms with Crippen LogP contribution in [0, 0.1) is 30.6 Å². The largest absolute Gasteiger partial charge is 0.379 e. The molecule has 212 valence electrons. The Bertz CT molecular complexity index is 1130. The molecule has 3 heterocycles. The number of benzene rings is 1. The second-order valence-corrected chi connectivity index (χ2v) is 12.2. The molecule has 0 radical (unpaired) electrons. The topological polar surface area (TPSA) is 97.0 Å². The summed E-state index contributed by atoms with van der Waals surface area (Å²) in [6.45, 7) is 11.2. The smallest absolute Gasteiger partial charge is 0.246 e. The number of carbonyl (C=O) groups excluding carboxylic acids is 3. The number of hydrogen-bond acceptors (Lipinski definition) is 5. The van der Waals surface area contributed by atoms with Crippen molar-refractivity contribution < 1.29 is 23.9 Å². The molecule has 1 aliphatic carbocycles. The average Bonchev–Trinajstić information content (AvgIpc) is 3.52. The van der Waals surface area contributed by atoms with Crippen molar-refractivity contribution in [2.24, 2.45) is 23.7 Å². The van der Waals surface area contributed by atoms with Crippen LogP contribution < -0.4 is 10.6 Å². The maximum Gasteiger partial charge on any atom is 0.246 e. The minimum Gasteiger partial charge on any atom is -0.379 e. The van der Waals surface area contributed by atoms with Gasteiger partial charge in [0.25, 0.3) is 0 Å². The first-order valence-electron chi connectivity index (χ1n) is 14.6. The van der Waals surface area contributed by atoms with Gasteiger partial charge in [0.1, 0.15) is 11.6 Å². The molecule has 8 atom stereocenters. The molecule has 1 saturated carbocycles. The van der Waals surface area contributed by atoms with Gasteiger partial charge in [0.2, 0.25) is 17.7 Å². The Hall–Kier alpha value is -2.71. The van der Waals surface area contributed by atoms with Crippen LogP contribution in [-0.2, 0) is 23.9 Å². The van der Waals surface area contributed by atoms with Crippen LogP contribution in [0.25, 0.3) is 0 Å². The van der Waals surface area contributed by atoms with Crippen molar-refractivity contribution in [1.29, 1.82) is 0 Å². The lowest BCUT2D eigenvalue weighted by Crippen LogP contribution is -2.58. The summed E-state index contributed by atoms with van der Waals surface area (Å²) in [5.74, 6) is -1.21. The van der Waals surface area contributed by atoms with Crippen LogP contribution >= 0.6 is 0 Å². The fourth-order valence-corrected chi connectivity index (χ4v) is 7.06. The van der Waals surface area contributed by atoms with Gasteiger partial charge in [0.05, 0.1) is 24.0 Å². The van der Waals surface area contributed by atoms with Gasteiger partial charge in [-0.05, 0) is 63.1 Å². The van der Waals surface area contributed by atoms with E-state index in [4.69, 9.17) is 9.47 Å². The van der Waals surface area contributed by atoms with Crippen molar-refractivity contribution in [3.8, 4) is 0 Å². The molecule has 8 nitrogen and oxygen atoms in total. The number of hydrogen-bond donors (Lipinski definition) is 2. The standard InChI is InChI=1S/C31H43N3O5/c1-18(2)38-16-8-15-34-27(29(36)33-23-12-7-10-20(4)21(23)5)31-14-13-24(39-31)25(26(31)30(34)37)28(35)32-22-11-6-9-19(3)17-22/h6,9,11,13-14,17-18,20-21,23-27H,7-8,10,12,15-16H2,1-5H3,(H,32,35)(H,33,36)/t20-,21-,23+,24+,25-,26+,27+,31+/m0/s1. The van der Waals surface area contributed by atoms with E-state index in [0.717, 1.165) is 24.8 Å². The minimum absolute atomic E-state index is 0.0564. The molecule has 2 saturated heterocycles. The van der Waals surface area contributed by atoms with Gasteiger partial charge in [-0.25, -0.2) is 0 Å². The summed E-state index contributed by atoms with van der Waals surface area (Å²) >= 11 is 0. The molecule has 3 fully saturated rings. The normalized spacial score (nSPS) is 35.0. The summed E-state index contributed by atoms with van der Waals surface area (Å²) < 4.78 is 12.2. The van der Waals surface area contributed by atoms with Crippen LogP contribution in [0.15, 0.2) is 36.4 Å². The Morgan fingerprint density at radius 1 is 1.21 bits per heavy atom. The highest BCUT2D eigenvalue weighted by molar-refractivity contribution is 6.02. The number of amides is 3. The average molecular weight is 538 g/mol. The van der Waals surface area contributed by atoms with Crippen LogP contribution in [0.3, 0.4) is 0 Å². The van der Waals surface area contributed by atoms with Crippen molar-refractivity contribution in [3.05, 3.63) is 42.0 Å². The zero-order valence-electron chi connectivity index (χ0n) is 23.8. The second kappa shape index (κ2) is 11.0. The molecule has 2 N–H and O–H groups in total. The summed E-state index contributed by atoms with van der Waals surface area (Å²) in [7, 11) is 0. The van der Waals surface area contributed by atoms with Gasteiger partial charge in [0, 0.05) is 24.9 Å². The molecular formula is C31H43N3O5. The number of nitrogens with one attached hydrogen (secondary N) is 2. The molecule has 0 aromatic heterocycles. The quantitative estimate of drug-likeness (QED) is 0.369. The number of ether oxygens (including phenoxy) is 2. The maximum atomic E-state index is 14.1. The molecule has 2 bridgehead atoms. The van der Waals surface area contributed by atoms with E-state index in [9.17, 15) is 14.4 Å². The van der Waals surface area contributed by atoms with Gasteiger partial charge in [-0.3, -0.25) is 14.4 Å². The van der Waals surface area contributed by atoms with E-state index in [1.54, 1.807) is 4.90 Å². The predicted molar refractivity (Wildman–Crippen MR) is 149 cm³/mol. The summed E-state index contributed by atoms with van der Waals surface area (Å²) in [5.41, 5.74) is 0.565. The Morgan fingerprint density at radius 3 is 2.74 bits per heavy atom. The van der Waals surface area contributed by atoms with Gasteiger partial charge >= 0.3 is 0 Å². The van der Waals surface area contributed by atoms with Gasteiger partial charge in [-0.15, -0.1) is 0 Å². The lowest BCUT2D eigenvalue weighted by atomic mass is 9.73. The highest BCUT2D eigenvalue weighted by atomic mass is 16.5. The summed E-state index contributed by atoms with van der Waals surface area (Å²) in [6, 6.07) is 6.82. The number of carbonyl (C=O) groups is 3.